The summed E-state index contributed by atoms with van der Waals surface area (Å²) in [6.07, 6.45) is 1.86. The first-order chi connectivity index (χ1) is 19.0. The van der Waals surface area contributed by atoms with Crippen molar-refractivity contribution in [3.8, 4) is 23.0 Å². The minimum Gasteiger partial charge on any atom is -0.465 e. The second-order valence-electron chi connectivity index (χ2n) is 8.69. The number of H-pyrrole nitrogens is 1. The molecular formula is C33H23NO5. The van der Waals surface area contributed by atoms with Crippen molar-refractivity contribution in [1.29, 1.82) is 0 Å². The lowest BCUT2D eigenvalue weighted by Gasteiger charge is -2.11. The van der Waals surface area contributed by atoms with E-state index in [2.05, 4.69) is 16.8 Å². The van der Waals surface area contributed by atoms with Gasteiger partial charge in [-0.2, -0.15) is 0 Å². The molecule has 0 aliphatic heterocycles. The monoisotopic (exact) mass is 513 g/mol. The highest BCUT2D eigenvalue weighted by Gasteiger charge is 2.17. The van der Waals surface area contributed by atoms with E-state index in [4.69, 9.17) is 9.47 Å². The molecule has 1 N–H and O–H groups in total. The SMILES string of the molecule is COC(=O)c1cccc(C#Cc2ccc(C(=O)OCC(=O)c3ccccc3)cc2)c1-c1ccc2cc[nH]c2c1. The fraction of sp³-hybridized carbons (Fsp3) is 0.0606. The number of aromatic amines is 1. The Bertz CT molecular complexity index is 1740. The van der Waals surface area contributed by atoms with E-state index in [1.807, 2.05) is 42.6 Å². The highest BCUT2D eigenvalue weighted by atomic mass is 16.5. The molecule has 5 aromatic rings. The summed E-state index contributed by atoms with van der Waals surface area (Å²) < 4.78 is 10.2. The Balaban J connectivity index is 1.37. The van der Waals surface area contributed by atoms with Crippen molar-refractivity contribution in [2.45, 2.75) is 0 Å². The van der Waals surface area contributed by atoms with Gasteiger partial charge in [-0.15, -0.1) is 0 Å². The summed E-state index contributed by atoms with van der Waals surface area (Å²) in [5.41, 5.74) is 4.99. The summed E-state index contributed by atoms with van der Waals surface area (Å²) in [4.78, 5) is 40.4. The molecule has 190 valence electrons. The summed E-state index contributed by atoms with van der Waals surface area (Å²) >= 11 is 0. The molecule has 4 aromatic carbocycles. The van der Waals surface area contributed by atoms with Crippen molar-refractivity contribution in [3.05, 3.63) is 131 Å². The van der Waals surface area contributed by atoms with Crippen LogP contribution in [0.25, 0.3) is 22.0 Å². The van der Waals surface area contributed by atoms with Crippen molar-refractivity contribution in [3.63, 3.8) is 0 Å². The van der Waals surface area contributed by atoms with Crippen LogP contribution in [-0.4, -0.2) is 36.4 Å². The summed E-state index contributed by atoms with van der Waals surface area (Å²) in [7, 11) is 1.35. The van der Waals surface area contributed by atoms with Crippen LogP contribution in [0.5, 0.6) is 0 Å². The Morgan fingerprint density at radius 3 is 2.33 bits per heavy atom. The molecule has 6 heteroatoms. The standard InChI is InChI=1S/C33H23NO5/c1-38-33(37)28-9-5-8-25(31(28)27-17-16-23-18-19-34-29(23)20-27)13-10-22-11-14-26(15-12-22)32(36)39-21-30(35)24-6-3-2-4-7-24/h2-9,11-12,14-20,34H,21H2,1H3. The number of rotatable bonds is 6. The third-order valence-electron chi connectivity index (χ3n) is 6.21. The van der Waals surface area contributed by atoms with E-state index in [9.17, 15) is 14.4 Å². The van der Waals surface area contributed by atoms with Crippen LogP contribution in [0.1, 0.15) is 42.2 Å². The lowest BCUT2D eigenvalue weighted by Crippen LogP contribution is -2.14. The van der Waals surface area contributed by atoms with Gasteiger partial charge < -0.3 is 14.5 Å². The fourth-order valence-corrected chi connectivity index (χ4v) is 4.20. The van der Waals surface area contributed by atoms with Crippen LogP contribution in [0.3, 0.4) is 0 Å². The number of esters is 2. The molecule has 0 saturated carbocycles. The van der Waals surface area contributed by atoms with Gasteiger partial charge in [-0.1, -0.05) is 60.4 Å². The smallest absolute Gasteiger partial charge is 0.338 e. The Labute approximate surface area is 225 Å². The van der Waals surface area contributed by atoms with Gasteiger partial charge in [-0.05, 0) is 59.5 Å². The van der Waals surface area contributed by atoms with Crippen LogP contribution in [0, 0.1) is 11.8 Å². The van der Waals surface area contributed by atoms with Crippen LogP contribution >= 0.6 is 0 Å². The van der Waals surface area contributed by atoms with Gasteiger partial charge in [0, 0.05) is 34.0 Å². The number of benzene rings is 4. The second kappa shape index (κ2) is 11.3. The molecule has 0 aliphatic carbocycles. The quantitative estimate of drug-likeness (QED) is 0.169. The van der Waals surface area contributed by atoms with Gasteiger partial charge in [0.05, 0.1) is 18.2 Å². The van der Waals surface area contributed by atoms with Crippen LogP contribution < -0.4 is 0 Å². The van der Waals surface area contributed by atoms with Crippen LogP contribution in [0.2, 0.25) is 0 Å². The van der Waals surface area contributed by atoms with Crippen molar-refractivity contribution in [2.75, 3.05) is 13.7 Å². The van der Waals surface area contributed by atoms with Gasteiger partial charge in [-0.3, -0.25) is 4.79 Å². The van der Waals surface area contributed by atoms with Crippen LogP contribution in [0.4, 0.5) is 0 Å². The molecule has 0 fully saturated rings. The van der Waals surface area contributed by atoms with Crippen molar-refractivity contribution >= 4 is 28.6 Å². The number of carbonyl (C=O) groups is 3. The first-order valence-electron chi connectivity index (χ1n) is 12.2. The number of hydrogen-bond donors (Lipinski definition) is 1. The predicted octanol–water partition coefficient (Wildman–Crippen LogP) is 6.06. The van der Waals surface area contributed by atoms with E-state index in [0.717, 1.165) is 16.5 Å². The maximum absolute atomic E-state index is 12.6. The van der Waals surface area contributed by atoms with E-state index in [1.165, 1.54) is 7.11 Å². The fourth-order valence-electron chi connectivity index (χ4n) is 4.20. The van der Waals surface area contributed by atoms with Gasteiger partial charge in [0.1, 0.15) is 0 Å². The zero-order valence-electron chi connectivity index (χ0n) is 21.1. The number of fused-ring (bicyclic) bond motifs is 1. The van der Waals surface area contributed by atoms with Gasteiger partial charge in [0.25, 0.3) is 0 Å². The first kappa shape index (κ1) is 25.2. The van der Waals surface area contributed by atoms with Crippen LogP contribution in [-0.2, 0) is 9.47 Å². The molecule has 0 saturated heterocycles. The third kappa shape index (κ3) is 5.63. The van der Waals surface area contributed by atoms with Gasteiger partial charge in [0.15, 0.2) is 12.4 Å². The highest BCUT2D eigenvalue weighted by molar-refractivity contribution is 6.01. The number of ether oxygens (including phenoxy) is 2. The molecule has 0 unspecified atom stereocenters. The summed E-state index contributed by atoms with van der Waals surface area (Å²) in [6, 6.07) is 28.5. The summed E-state index contributed by atoms with van der Waals surface area (Å²) in [6.45, 7) is -0.335. The molecule has 0 spiro atoms. The number of ketones is 1. The Morgan fingerprint density at radius 2 is 1.56 bits per heavy atom. The number of nitrogens with one attached hydrogen (secondary N) is 1. The van der Waals surface area contributed by atoms with E-state index < -0.39 is 11.9 Å². The van der Waals surface area contributed by atoms with E-state index in [1.54, 1.807) is 60.7 Å². The van der Waals surface area contributed by atoms with Crippen LogP contribution in [0.15, 0.2) is 103 Å². The molecule has 5 rings (SSSR count). The maximum Gasteiger partial charge on any atom is 0.338 e. The van der Waals surface area contributed by atoms with Crippen molar-refractivity contribution < 1.29 is 23.9 Å². The molecule has 0 aliphatic rings. The Kier molecular flexibility index (Phi) is 7.33. The number of aromatic nitrogens is 1. The summed E-state index contributed by atoms with van der Waals surface area (Å²) in [5, 5.41) is 1.06. The van der Waals surface area contributed by atoms with E-state index in [0.29, 0.717) is 33.4 Å². The Morgan fingerprint density at radius 1 is 0.769 bits per heavy atom. The van der Waals surface area contributed by atoms with E-state index in [-0.39, 0.29) is 12.4 Å². The summed E-state index contributed by atoms with van der Waals surface area (Å²) in [5.74, 6) is 4.96. The predicted molar refractivity (Wildman–Crippen MR) is 149 cm³/mol. The number of carbonyl (C=O) groups excluding carboxylic acids is 3. The molecule has 6 nitrogen and oxygen atoms in total. The third-order valence-corrected chi connectivity index (χ3v) is 6.21. The molecule has 0 bridgehead atoms. The van der Waals surface area contributed by atoms with Crippen molar-refractivity contribution in [1.82, 2.24) is 4.98 Å². The molecule has 1 aromatic heterocycles. The maximum atomic E-state index is 12.6. The average molecular weight is 514 g/mol. The molecule has 0 atom stereocenters. The molecule has 0 amide bonds. The molecule has 1 heterocycles. The van der Waals surface area contributed by atoms with Crippen molar-refractivity contribution in [2.24, 2.45) is 0 Å². The Hall–Kier alpha value is -5.41. The number of Topliss-reactive ketones (excluding diaryl/α,β-unsaturated/α-hetero) is 1. The number of methoxy groups -OCH3 is 1. The second-order valence-corrected chi connectivity index (χ2v) is 8.69. The topological polar surface area (TPSA) is 85.5 Å². The van der Waals surface area contributed by atoms with Gasteiger partial charge >= 0.3 is 11.9 Å². The lowest BCUT2D eigenvalue weighted by molar-refractivity contribution is 0.0474. The van der Waals surface area contributed by atoms with E-state index >= 15 is 0 Å². The normalized spacial score (nSPS) is 10.4. The molecule has 0 radical (unpaired) electrons. The first-order valence-corrected chi connectivity index (χ1v) is 12.2. The number of hydrogen-bond acceptors (Lipinski definition) is 5. The lowest BCUT2D eigenvalue weighted by atomic mass is 9.93. The average Bonchev–Trinajstić information content (AvgIpc) is 3.47. The minimum absolute atomic E-state index is 0.271. The van der Waals surface area contributed by atoms with Gasteiger partial charge in [-0.25, -0.2) is 9.59 Å². The zero-order chi connectivity index (χ0) is 27.2. The molecular weight excluding hydrogens is 490 g/mol. The zero-order valence-corrected chi connectivity index (χ0v) is 21.1. The largest absolute Gasteiger partial charge is 0.465 e. The van der Waals surface area contributed by atoms with Gasteiger partial charge in [0.2, 0.25) is 0 Å². The molecule has 39 heavy (non-hydrogen) atoms. The highest BCUT2D eigenvalue weighted by Crippen LogP contribution is 2.30. The minimum atomic E-state index is -0.591.